The molecule has 0 atom stereocenters. The van der Waals surface area contributed by atoms with E-state index < -0.39 is 0 Å². The lowest BCUT2D eigenvalue weighted by molar-refractivity contribution is 0.0600. The summed E-state index contributed by atoms with van der Waals surface area (Å²) in [6.45, 7) is 0. The Morgan fingerprint density at radius 1 is 1.29 bits per heavy atom. The molecule has 1 N–H and O–H groups in total. The van der Waals surface area contributed by atoms with Gasteiger partial charge in [-0.25, -0.2) is 9.78 Å². The molecule has 0 fully saturated rings. The second-order valence-electron chi connectivity index (χ2n) is 4.51. The van der Waals surface area contributed by atoms with Gasteiger partial charge in [-0.05, 0) is 29.1 Å². The van der Waals surface area contributed by atoms with E-state index in [1.54, 1.807) is 12.1 Å². The molecule has 0 saturated carbocycles. The van der Waals surface area contributed by atoms with E-state index in [9.17, 15) is 9.59 Å². The SMILES string of the molecule is COC(=O)c1ccc(Cc2nc3ccsc3c(=O)[nH]2)cc1. The van der Waals surface area contributed by atoms with E-state index in [0.717, 1.165) is 5.56 Å². The molecule has 21 heavy (non-hydrogen) atoms. The summed E-state index contributed by atoms with van der Waals surface area (Å²) in [6.07, 6.45) is 0.502. The molecule has 0 aliphatic carbocycles. The third-order valence-electron chi connectivity index (χ3n) is 3.11. The number of carbonyl (C=O) groups is 1. The van der Waals surface area contributed by atoms with E-state index in [0.29, 0.717) is 28.0 Å². The van der Waals surface area contributed by atoms with Crippen LogP contribution < -0.4 is 5.56 Å². The van der Waals surface area contributed by atoms with Gasteiger partial charge in [0, 0.05) is 6.42 Å². The zero-order valence-corrected chi connectivity index (χ0v) is 12.1. The molecule has 3 rings (SSSR count). The minimum Gasteiger partial charge on any atom is -0.465 e. The highest BCUT2D eigenvalue weighted by atomic mass is 32.1. The van der Waals surface area contributed by atoms with E-state index in [-0.39, 0.29) is 11.5 Å². The number of hydrogen-bond donors (Lipinski definition) is 1. The Hall–Kier alpha value is -2.47. The maximum absolute atomic E-state index is 11.9. The van der Waals surface area contributed by atoms with Crippen molar-refractivity contribution in [3.05, 3.63) is 63.0 Å². The Bertz CT molecular complexity index is 849. The molecule has 106 valence electrons. The molecule has 0 unspecified atom stereocenters. The van der Waals surface area contributed by atoms with Gasteiger partial charge in [0.1, 0.15) is 10.5 Å². The maximum Gasteiger partial charge on any atom is 0.337 e. The first-order valence-corrected chi connectivity index (χ1v) is 7.19. The lowest BCUT2D eigenvalue weighted by atomic mass is 10.1. The highest BCUT2D eigenvalue weighted by Gasteiger charge is 2.07. The average molecular weight is 300 g/mol. The number of aromatic nitrogens is 2. The molecule has 0 aliphatic rings. The van der Waals surface area contributed by atoms with Gasteiger partial charge in [-0.3, -0.25) is 4.79 Å². The molecule has 0 spiro atoms. The monoisotopic (exact) mass is 300 g/mol. The van der Waals surface area contributed by atoms with Crippen LogP contribution in [0.5, 0.6) is 0 Å². The fourth-order valence-corrected chi connectivity index (χ4v) is 2.80. The molecule has 2 heterocycles. The normalized spacial score (nSPS) is 10.7. The molecule has 5 nitrogen and oxygen atoms in total. The fraction of sp³-hybridized carbons (Fsp3) is 0.133. The quantitative estimate of drug-likeness (QED) is 0.754. The number of fused-ring (bicyclic) bond motifs is 1. The number of rotatable bonds is 3. The predicted octanol–water partition coefficient (Wildman–Crippen LogP) is 2.36. The van der Waals surface area contributed by atoms with Crippen molar-refractivity contribution < 1.29 is 9.53 Å². The van der Waals surface area contributed by atoms with Gasteiger partial charge in [0.05, 0.1) is 18.2 Å². The van der Waals surface area contributed by atoms with Gasteiger partial charge in [-0.15, -0.1) is 11.3 Å². The highest BCUT2D eigenvalue weighted by Crippen LogP contribution is 2.15. The van der Waals surface area contributed by atoms with Gasteiger partial charge >= 0.3 is 5.97 Å². The minimum atomic E-state index is -0.368. The summed E-state index contributed by atoms with van der Waals surface area (Å²) in [7, 11) is 1.35. The van der Waals surface area contributed by atoms with E-state index in [4.69, 9.17) is 0 Å². The van der Waals surface area contributed by atoms with Crippen molar-refractivity contribution in [1.29, 1.82) is 0 Å². The van der Waals surface area contributed by atoms with Gasteiger partial charge in [-0.1, -0.05) is 12.1 Å². The number of aromatic amines is 1. The van der Waals surface area contributed by atoms with Crippen molar-refractivity contribution in [2.45, 2.75) is 6.42 Å². The molecule has 6 heteroatoms. The molecule has 2 aromatic heterocycles. The van der Waals surface area contributed by atoms with Gasteiger partial charge in [0.25, 0.3) is 5.56 Å². The van der Waals surface area contributed by atoms with Crippen LogP contribution in [0, 0.1) is 0 Å². The van der Waals surface area contributed by atoms with Crippen LogP contribution in [0.1, 0.15) is 21.7 Å². The Morgan fingerprint density at radius 3 is 2.76 bits per heavy atom. The molecule has 1 aromatic carbocycles. The second-order valence-corrected chi connectivity index (χ2v) is 5.43. The molecule has 0 saturated heterocycles. The van der Waals surface area contributed by atoms with Crippen molar-refractivity contribution in [3.63, 3.8) is 0 Å². The summed E-state index contributed by atoms with van der Waals surface area (Å²) in [4.78, 5) is 30.5. The van der Waals surface area contributed by atoms with Crippen molar-refractivity contribution in [2.24, 2.45) is 0 Å². The molecule has 0 radical (unpaired) electrons. The van der Waals surface area contributed by atoms with Crippen LogP contribution in [0.4, 0.5) is 0 Å². The smallest absolute Gasteiger partial charge is 0.337 e. The molecule has 0 aliphatic heterocycles. The zero-order valence-electron chi connectivity index (χ0n) is 11.3. The number of ether oxygens (including phenoxy) is 1. The molecule has 3 aromatic rings. The summed E-state index contributed by atoms with van der Waals surface area (Å²) in [6, 6.07) is 8.87. The summed E-state index contributed by atoms with van der Waals surface area (Å²) < 4.78 is 5.29. The first kappa shape index (κ1) is 13.5. The Balaban J connectivity index is 1.88. The van der Waals surface area contributed by atoms with Crippen molar-refractivity contribution in [3.8, 4) is 0 Å². The third-order valence-corrected chi connectivity index (χ3v) is 4.01. The van der Waals surface area contributed by atoms with Crippen molar-refractivity contribution >= 4 is 27.5 Å². The minimum absolute atomic E-state index is 0.115. The number of methoxy groups -OCH3 is 1. The van der Waals surface area contributed by atoms with Gasteiger partial charge in [0.15, 0.2) is 0 Å². The molecule has 0 amide bonds. The Labute approximate surface area is 124 Å². The molecule has 0 bridgehead atoms. The number of thiophene rings is 1. The van der Waals surface area contributed by atoms with Crippen molar-refractivity contribution in [1.82, 2.24) is 9.97 Å². The van der Waals surface area contributed by atoms with Crippen LogP contribution in [0.15, 0.2) is 40.5 Å². The van der Waals surface area contributed by atoms with Gasteiger partial charge in [0.2, 0.25) is 0 Å². The Kier molecular flexibility index (Phi) is 3.53. The van der Waals surface area contributed by atoms with E-state index >= 15 is 0 Å². The first-order valence-electron chi connectivity index (χ1n) is 6.31. The van der Waals surface area contributed by atoms with Crippen LogP contribution in [0.2, 0.25) is 0 Å². The number of hydrogen-bond acceptors (Lipinski definition) is 5. The van der Waals surface area contributed by atoms with Crippen LogP contribution in [0.25, 0.3) is 10.2 Å². The summed E-state index contributed by atoms with van der Waals surface area (Å²) in [5.41, 5.74) is 2.05. The largest absolute Gasteiger partial charge is 0.465 e. The summed E-state index contributed by atoms with van der Waals surface area (Å²) >= 11 is 1.38. The van der Waals surface area contributed by atoms with Gasteiger partial charge in [-0.2, -0.15) is 0 Å². The van der Waals surface area contributed by atoms with E-state index in [1.807, 2.05) is 23.6 Å². The fourth-order valence-electron chi connectivity index (χ4n) is 2.08. The first-order chi connectivity index (χ1) is 10.2. The van der Waals surface area contributed by atoms with E-state index in [1.165, 1.54) is 18.4 Å². The number of nitrogens with one attached hydrogen (secondary N) is 1. The topological polar surface area (TPSA) is 72.0 Å². The van der Waals surface area contributed by atoms with Crippen LogP contribution >= 0.6 is 11.3 Å². The number of nitrogens with zero attached hydrogens (tertiary/aromatic N) is 1. The third kappa shape index (κ3) is 2.71. The van der Waals surface area contributed by atoms with E-state index in [2.05, 4.69) is 14.7 Å². The predicted molar refractivity (Wildman–Crippen MR) is 80.8 cm³/mol. The standard InChI is InChI=1S/C15H12N2O3S/c1-20-15(19)10-4-2-9(3-5-10)8-12-16-11-6-7-21-13(11)14(18)17-12/h2-7H,8H2,1H3,(H,16,17,18). The number of carbonyl (C=O) groups excluding carboxylic acids is 1. The molecular formula is C15H12N2O3S. The number of benzene rings is 1. The van der Waals surface area contributed by atoms with Crippen LogP contribution in [-0.4, -0.2) is 23.0 Å². The summed E-state index contributed by atoms with van der Waals surface area (Å²) in [5.74, 6) is 0.240. The summed E-state index contributed by atoms with van der Waals surface area (Å²) in [5, 5.41) is 1.85. The highest BCUT2D eigenvalue weighted by molar-refractivity contribution is 7.17. The second kappa shape index (κ2) is 5.49. The van der Waals surface area contributed by atoms with Crippen LogP contribution in [0.3, 0.4) is 0 Å². The zero-order chi connectivity index (χ0) is 14.8. The van der Waals surface area contributed by atoms with Crippen LogP contribution in [-0.2, 0) is 11.2 Å². The number of esters is 1. The van der Waals surface area contributed by atoms with Gasteiger partial charge < -0.3 is 9.72 Å². The molecular weight excluding hydrogens is 288 g/mol. The lowest BCUT2D eigenvalue weighted by Gasteiger charge is -2.03. The lowest BCUT2D eigenvalue weighted by Crippen LogP contribution is -2.10. The average Bonchev–Trinajstić information content (AvgIpc) is 2.96. The Morgan fingerprint density at radius 2 is 2.05 bits per heavy atom. The van der Waals surface area contributed by atoms with Crippen molar-refractivity contribution in [2.75, 3.05) is 7.11 Å². The number of H-pyrrole nitrogens is 1. The maximum atomic E-state index is 11.9.